The first kappa shape index (κ1) is 11.5. The van der Waals surface area contributed by atoms with E-state index in [0.29, 0.717) is 11.4 Å². The smallest absolute Gasteiger partial charge is 0.355 e. The van der Waals surface area contributed by atoms with Gasteiger partial charge in [0.15, 0.2) is 0 Å². The molecule has 0 aliphatic carbocycles. The predicted octanol–water partition coefficient (Wildman–Crippen LogP) is -0.326. The molecule has 0 aromatic heterocycles. The Labute approximate surface area is 99.0 Å². The number of likely N-dealkylation sites (tertiary alicyclic amines) is 1. The van der Waals surface area contributed by atoms with Crippen LogP contribution < -0.4 is 5.73 Å². The van der Waals surface area contributed by atoms with Crippen LogP contribution in [0, 0.1) is 0 Å². The van der Waals surface area contributed by atoms with Crippen LogP contribution in [0.15, 0.2) is 11.3 Å². The molecule has 5 nitrogen and oxygen atoms in total. The van der Waals surface area contributed by atoms with Gasteiger partial charge in [0.2, 0.25) is 5.91 Å². The first-order valence-corrected chi connectivity index (χ1v) is 5.75. The van der Waals surface area contributed by atoms with Crippen molar-refractivity contribution in [2.45, 2.75) is 32.0 Å². The third-order valence-electron chi connectivity index (χ3n) is 3.13. The van der Waals surface area contributed by atoms with Gasteiger partial charge in [0.1, 0.15) is 17.8 Å². The van der Waals surface area contributed by atoms with Gasteiger partial charge in [0.05, 0.1) is 6.04 Å². The molecule has 1 saturated heterocycles. The standard InChI is InChI=1S/C10H14N2O3S/c1-4-7(11)9(13)12(4)8-6(3-16)5(2)15-10(8)14/h4-5,7,16H,3,11H2,1-2H3/t4-,5?,7+/m1/s1. The zero-order valence-electron chi connectivity index (χ0n) is 9.14. The normalized spacial score (nSPS) is 34.2. The predicted molar refractivity (Wildman–Crippen MR) is 60.7 cm³/mol. The summed E-state index contributed by atoms with van der Waals surface area (Å²) >= 11 is 4.15. The van der Waals surface area contributed by atoms with E-state index in [-0.39, 0.29) is 18.1 Å². The van der Waals surface area contributed by atoms with Crippen LogP contribution in [0.5, 0.6) is 0 Å². The van der Waals surface area contributed by atoms with E-state index >= 15 is 0 Å². The van der Waals surface area contributed by atoms with E-state index in [4.69, 9.17) is 10.5 Å². The summed E-state index contributed by atoms with van der Waals surface area (Å²) in [6.07, 6.45) is -0.308. The van der Waals surface area contributed by atoms with Crippen molar-refractivity contribution >= 4 is 24.5 Å². The molecule has 1 amide bonds. The van der Waals surface area contributed by atoms with Gasteiger partial charge in [-0.15, -0.1) is 0 Å². The van der Waals surface area contributed by atoms with Crippen LogP contribution >= 0.6 is 12.6 Å². The largest absolute Gasteiger partial charge is 0.453 e. The maximum Gasteiger partial charge on any atom is 0.355 e. The first-order valence-electron chi connectivity index (χ1n) is 5.12. The number of cyclic esters (lactones) is 1. The van der Waals surface area contributed by atoms with Gasteiger partial charge in [-0.3, -0.25) is 9.69 Å². The first-order chi connectivity index (χ1) is 7.49. The topological polar surface area (TPSA) is 72.6 Å². The van der Waals surface area contributed by atoms with Crippen molar-refractivity contribution in [3.05, 3.63) is 11.3 Å². The number of hydrogen-bond acceptors (Lipinski definition) is 5. The summed E-state index contributed by atoms with van der Waals surface area (Å²) in [5.74, 6) is -0.287. The summed E-state index contributed by atoms with van der Waals surface area (Å²) in [4.78, 5) is 24.7. The maximum atomic E-state index is 11.6. The number of thiol groups is 1. The summed E-state index contributed by atoms with van der Waals surface area (Å²) in [5, 5.41) is 0. The SMILES string of the molecule is CC1OC(=O)C(N2C(=O)[C@@H](N)[C@H]2C)=C1CS. The number of rotatable bonds is 2. The molecule has 2 aliphatic heterocycles. The van der Waals surface area contributed by atoms with Crippen LogP contribution in [0.2, 0.25) is 0 Å². The van der Waals surface area contributed by atoms with Crippen LogP contribution in [0.25, 0.3) is 0 Å². The van der Waals surface area contributed by atoms with E-state index in [9.17, 15) is 9.59 Å². The van der Waals surface area contributed by atoms with E-state index in [1.807, 2.05) is 6.92 Å². The quantitative estimate of drug-likeness (QED) is 0.395. The molecule has 0 aromatic rings. The van der Waals surface area contributed by atoms with Gasteiger partial charge in [0, 0.05) is 11.3 Å². The summed E-state index contributed by atoms with van der Waals surface area (Å²) in [6, 6.07) is -0.674. The third-order valence-corrected chi connectivity index (χ3v) is 3.47. The summed E-state index contributed by atoms with van der Waals surface area (Å²) in [7, 11) is 0. The molecule has 16 heavy (non-hydrogen) atoms. The van der Waals surface area contributed by atoms with Crippen LogP contribution in [-0.4, -0.2) is 40.7 Å². The molecule has 2 N–H and O–H groups in total. The number of nitrogens with zero attached hydrogens (tertiary/aromatic N) is 1. The fraction of sp³-hybridized carbons (Fsp3) is 0.600. The highest BCUT2D eigenvalue weighted by molar-refractivity contribution is 7.80. The van der Waals surface area contributed by atoms with E-state index in [2.05, 4.69) is 12.6 Å². The average molecular weight is 242 g/mol. The van der Waals surface area contributed by atoms with E-state index in [0.717, 1.165) is 5.57 Å². The fourth-order valence-corrected chi connectivity index (χ4v) is 2.43. The van der Waals surface area contributed by atoms with Crippen LogP contribution in [0.1, 0.15) is 13.8 Å². The van der Waals surface area contributed by atoms with Crippen LogP contribution in [-0.2, 0) is 14.3 Å². The second-order valence-corrected chi connectivity index (χ2v) is 4.37. The lowest BCUT2D eigenvalue weighted by Crippen LogP contribution is -2.67. The molecule has 6 heteroatoms. The summed E-state index contributed by atoms with van der Waals surface area (Å²) in [5.41, 5.74) is 6.69. The van der Waals surface area contributed by atoms with Gasteiger partial charge in [-0.05, 0) is 13.8 Å². The summed E-state index contributed by atoms with van der Waals surface area (Å²) < 4.78 is 5.07. The number of carbonyl (C=O) groups is 2. The molecule has 0 spiro atoms. The van der Waals surface area contributed by atoms with Crippen molar-refractivity contribution in [2.75, 3.05) is 5.75 Å². The lowest BCUT2D eigenvalue weighted by molar-refractivity contribution is -0.151. The van der Waals surface area contributed by atoms with Gasteiger partial charge in [-0.25, -0.2) is 4.79 Å². The molecule has 1 unspecified atom stereocenters. The zero-order chi connectivity index (χ0) is 12.0. The van der Waals surface area contributed by atoms with E-state index in [1.165, 1.54) is 4.90 Å². The number of esters is 1. The van der Waals surface area contributed by atoms with Crippen molar-refractivity contribution < 1.29 is 14.3 Å². The Morgan fingerprint density at radius 1 is 1.44 bits per heavy atom. The fourth-order valence-electron chi connectivity index (χ4n) is 2.03. The Balaban J connectivity index is 2.36. The second kappa shape index (κ2) is 3.78. The molecule has 0 aromatic carbocycles. The molecule has 2 heterocycles. The Morgan fingerprint density at radius 3 is 2.56 bits per heavy atom. The second-order valence-electron chi connectivity index (χ2n) is 4.05. The van der Waals surface area contributed by atoms with Gasteiger partial charge in [-0.1, -0.05) is 0 Å². The lowest BCUT2D eigenvalue weighted by atomic mass is 9.95. The number of hydrogen-bond donors (Lipinski definition) is 2. The minimum Gasteiger partial charge on any atom is -0.453 e. The van der Waals surface area contributed by atoms with Crippen molar-refractivity contribution in [3.63, 3.8) is 0 Å². The number of amides is 1. The van der Waals surface area contributed by atoms with E-state index < -0.39 is 12.0 Å². The van der Waals surface area contributed by atoms with E-state index in [1.54, 1.807) is 6.92 Å². The minimum absolute atomic E-state index is 0.157. The molecule has 0 saturated carbocycles. The Bertz CT molecular complexity index is 394. The monoisotopic (exact) mass is 242 g/mol. The molecule has 88 valence electrons. The highest BCUT2D eigenvalue weighted by Gasteiger charge is 2.49. The van der Waals surface area contributed by atoms with Gasteiger partial charge in [0.25, 0.3) is 0 Å². The Kier molecular flexibility index (Phi) is 2.71. The number of ether oxygens (including phenoxy) is 1. The number of carbonyl (C=O) groups excluding carboxylic acids is 2. The van der Waals surface area contributed by atoms with Gasteiger partial charge >= 0.3 is 5.97 Å². The van der Waals surface area contributed by atoms with Gasteiger partial charge < -0.3 is 10.5 Å². The van der Waals surface area contributed by atoms with Crippen molar-refractivity contribution in [2.24, 2.45) is 5.73 Å². The van der Waals surface area contributed by atoms with Crippen LogP contribution in [0.3, 0.4) is 0 Å². The minimum atomic E-state index is -0.516. The molecule has 1 fully saturated rings. The molecule has 2 rings (SSSR count). The highest BCUT2D eigenvalue weighted by atomic mass is 32.1. The van der Waals surface area contributed by atoms with Crippen molar-refractivity contribution in [1.82, 2.24) is 4.90 Å². The lowest BCUT2D eigenvalue weighted by Gasteiger charge is -2.43. The third kappa shape index (κ3) is 1.36. The molecule has 0 bridgehead atoms. The van der Waals surface area contributed by atoms with Gasteiger partial charge in [-0.2, -0.15) is 12.6 Å². The van der Waals surface area contributed by atoms with Crippen molar-refractivity contribution in [1.29, 1.82) is 0 Å². The Morgan fingerprint density at radius 2 is 2.06 bits per heavy atom. The Hall–Kier alpha value is -1.01. The highest BCUT2D eigenvalue weighted by Crippen LogP contribution is 2.32. The van der Waals surface area contributed by atoms with Crippen LogP contribution in [0.4, 0.5) is 0 Å². The average Bonchev–Trinajstić information content (AvgIpc) is 2.53. The number of β-lactam (4-membered cyclic amide) rings is 1. The molecular formula is C10H14N2O3S. The van der Waals surface area contributed by atoms with Crippen molar-refractivity contribution in [3.8, 4) is 0 Å². The summed E-state index contributed by atoms with van der Waals surface area (Å²) in [6.45, 7) is 3.58. The molecule has 2 aliphatic rings. The maximum absolute atomic E-state index is 11.6. The molecule has 3 atom stereocenters. The molecular weight excluding hydrogens is 228 g/mol. The molecule has 0 radical (unpaired) electrons. The zero-order valence-corrected chi connectivity index (χ0v) is 10.0. The number of nitrogens with two attached hydrogens (primary N) is 1.